The lowest BCUT2D eigenvalue weighted by molar-refractivity contribution is -0.143. The molecule has 8 nitrogen and oxygen atoms in total. The van der Waals surface area contributed by atoms with Gasteiger partial charge in [0, 0.05) is 12.6 Å². The zero-order valence-corrected chi connectivity index (χ0v) is 17.5. The SMILES string of the molecule is CCC1CCCCN1C(=O)C(C)OC(=O)c1ccc(OC)c(S(=O)(=O)NC)c1. The standard InChI is InChI=1S/C19H28N2O6S/c1-5-15-8-6-7-11-21(15)18(22)13(2)27-19(23)14-9-10-16(26-4)17(12-14)28(24,25)20-3/h9-10,12-13,15,20H,5-8,11H2,1-4H3. The van der Waals surface area contributed by atoms with Crippen molar-refractivity contribution in [1.82, 2.24) is 9.62 Å². The van der Waals surface area contributed by atoms with Crippen LogP contribution in [0.2, 0.25) is 0 Å². The van der Waals surface area contributed by atoms with Crippen LogP contribution in [0.15, 0.2) is 23.1 Å². The van der Waals surface area contributed by atoms with Crippen molar-refractivity contribution in [3.05, 3.63) is 23.8 Å². The van der Waals surface area contributed by atoms with E-state index in [4.69, 9.17) is 9.47 Å². The molecule has 1 heterocycles. The number of esters is 1. The molecule has 2 rings (SSSR count). The topological polar surface area (TPSA) is 102 Å². The maximum Gasteiger partial charge on any atom is 0.338 e. The minimum absolute atomic E-state index is 0.0277. The third kappa shape index (κ3) is 4.82. The molecule has 1 N–H and O–H groups in total. The summed E-state index contributed by atoms with van der Waals surface area (Å²) in [6.45, 7) is 4.23. The summed E-state index contributed by atoms with van der Waals surface area (Å²) in [6, 6.07) is 4.13. The number of amides is 1. The lowest BCUT2D eigenvalue weighted by atomic mass is 9.99. The Balaban J connectivity index is 2.18. The molecule has 28 heavy (non-hydrogen) atoms. The summed E-state index contributed by atoms with van der Waals surface area (Å²) in [5.74, 6) is -0.883. The number of nitrogens with one attached hydrogen (secondary N) is 1. The molecular formula is C19H28N2O6S. The van der Waals surface area contributed by atoms with Gasteiger partial charge >= 0.3 is 5.97 Å². The van der Waals surface area contributed by atoms with E-state index in [1.807, 2.05) is 6.92 Å². The second kappa shape index (κ2) is 9.38. The summed E-state index contributed by atoms with van der Waals surface area (Å²) < 4.78 is 36.9. The summed E-state index contributed by atoms with van der Waals surface area (Å²) in [5.41, 5.74) is 0.0277. The zero-order chi connectivity index (χ0) is 20.9. The van der Waals surface area contributed by atoms with Gasteiger partial charge in [0.15, 0.2) is 6.10 Å². The number of rotatable bonds is 7. The molecule has 0 aromatic heterocycles. The third-order valence-electron chi connectivity index (χ3n) is 4.97. The molecule has 156 valence electrons. The van der Waals surface area contributed by atoms with Gasteiger partial charge in [0.2, 0.25) is 10.0 Å². The fraction of sp³-hybridized carbons (Fsp3) is 0.579. The van der Waals surface area contributed by atoms with Crippen LogP contribution in [0.5, 0.6) is 5.75 Å². The maximum absolute atomic E-state index is 12.7. The molecule has 1 fully saturated rings. The highest BCUT2D eigenvalue weighted by molar-refractivity contribution is 7.89. The molecule has 9 heteroatoms. The number of methoxy groups -OCH3 is 1. The van der Waals surface area contributed by atoms with Crippen LogP contribution < -0.4 is 9.46 Å². The monoisotopic (exact) mass is 412 g/mol. The highest BCUT2D eigenvalue weighted by atomic mass is 32.2. The van der Waals surface area contributed by atoms with Gasteiger partial charge in [-0.15, -0.1) is 0 Å². The number of likely N-dealkylation sites (tertiary alicyclic amines) is 1. The Bertz CT molecular complexity index is 824. The number of benzene rings is 1. The van der Waals surface area contributed by atoms with Crippen LogP contribution in [0.4, 0.5) is 0 Å². The minimum atomic E-state index is -3.83. The number of hydrogen-bond donors (Lipinski definition) is 1. The maximum atomic E-state index is 12.7. The van der Waals surface area contributed by atoms with E-state index in [-0.39, 0.29) is 28.2 Å². The van der Waals surface area contributed by atoms with Crippen LogP contribution in [-0.2, 0) is 19.6 Å². The van der Waals surface area contributed by atoms with E-state index >= 15 is 0 Å². The van der Waals surface area contributed by atoms with Crippen molar-refractivity contribution in [1.29, 1.82) is 0 Å². The molecule has 0 bridgehead atoms. The van der Waals surface area contributed by atoms with Gasteiger partial charge in [0.25, 0.3) is 5.91 Å². The van der Waals surface area contributed by atoms with Gasteiger partial charge in [-0.2, -0.15) is 0 Å². The second-order valence-electron chi connectivity index (χ2n) is 6.71. The van der Waals surface area contributed by atoms with E-state index in [1.54, 1.807) is 4.90 Å². The minimum Gasteiger partial charge on any atom is -0.495 e. The van der Waals surface area contributed by atoms with Gasteiger partial charge in [0.1, 0.15) is 10.6 Å². The summed E-state index contributed by atoms with van der Waals surface area (Å²) in [7, 11) is -1.22. The number of ether oxygens (including phenoxy) is 2. The molecule has 1 aromatic carbocycles. The fourth-order valence-electron chi connectivity index (χ4n) is 3.35. The second-order valence-corrected chi connectivity index (χ2v) is 8.57. The van der Waals surface area contributed by atoms with E-state index in [1.165, 1.54) is 39.3 Å². The summed E-state index contributed by atoms with van der Waals surface area (Å²) in [5, 5.41) is 0. The van der Waals surface area contributed by atoms with Crippen molar-refractivity contribution < 1.29 is 27.5 Å². The van der Waals surface area contributed by atoms with Gasteiger partial charge in [0.05, 0.1) is 12.7 Å². The van der Waals surface area contributed by atoms with Crippen LogP contribution in [-0.4, -0.2) is 58.0 Å². The molecule has 0 saturated carbocycles. The van der Waals surface area contributed by atoms with E-state index in [0.717, 1.165) is 25.7 Å². The first-order chi connectivity index (χ1) is 13.2. The molecule has 1 aliphatic heterocycles. The fourth-order valence-corrected chi connectivity index (χ4v) is 4.27. The predicted molar refractivity (Wildman–Crippen MR) is 104 cm³/mol. The summed E-state index contributed by atoms with van der Waals surface area (Å²) in [4.78, 5) is 26.9. The highest BCUT2D eigenvalue weighted by Gasteiger charge is 2.31. The Hall–Kier alpha value is -2.13. The van der Waals surface area contributed by atoms with Gasteiger partial charge in [-0.1, -0.05) is 6.92 Å². The first-order valence-electron chi connectivity index (χ1n) is 9.38. The molecule has 0 spiro atoms. The smallest absolute Gasteiger partial charge is 0.338 e. The number of sulfonamides is 1. The van der Waals surface area contributed by atoms with Gasteiger partial charge in [-0.3, -0.25) is 4.79 Å². The average Bonchev–Trinajstić information content (AvgIpc) is 2.72. The Labute approximate surface area is 166 Å². The van der Waals surface area contributed by atoms with Gasteiger partial charge in [-0.25, -0.2) is 17.9 Å². The Kier molecular flexibility index (Phi) is 7.42. The van der Waals surface area contributed by atoms with Gasteiger partial charge in [-0.05, 0) is 57.9 Å². The Morgan fingerprint density at radius 3 is 2.64 bits per heavy atom. The Morgan fingerprint density at radius 2 is 2.04 bits per heavy atom. The van der Waals surface area contributed by atoms with Crippen LogP contribution in [0.1, 0.15) is 49.9 Å². The van der Waals surface area contributed by atoms with Crippen molar-refractivity contribution in [3.63, 3.8) is 0 Å². The quantitative estimate of drug-likeness (QED) is 0.687. The molecule has 1 aromatic rings. The van der Waals surface area contributed by atoms with Crippen molar-refractivity contribution in [3.8, 4) is 5.75 Å². The zero-order valence-electron chi connectivity index (χ0n) is 16.7. The lowest BCUT2D eigenvalue weighted by Gasteiger charge is -2.36. The highest BCUT2D eigenvalue weighted by Crippen LogP contribution is 2.26. The molecule has 2 atom stereocenters. The van der Waals surface area contributed by atoms with Crippen LogP contribution >= 0.6 is 0 Å². The molecule has 1 aliphatic rings. The number of nitrogens with zero attached hydrogens (tertiary/aromatic N) is 1. The molecule has 1 amide bonds. The molecular weight excluding hydrogens is 384 g/mol. The average molecular weight is 413 g/mol. The van der Waals surface area contributed by atoms with Crippen LogP contribution in [0, 0.1) is 0 Å². The molecule has 2 unspecified atom stereocenters. The van der Waals surface area contributed by atoms with Crippen molar-refractivity contribution in [2.24, 2.45) is 0 Å². The predicted octanol–water partition coefficient (Wildman–Crippen LogP) is 1.94. The first kappa shape index (κ1) is 22.2. The number of carbonyl (C=O) groups excluding carboxylic acids is 2. The van der Waals surface area contributed by atoms with E-state index < -0.39 is 22.1 Å². The van der Waals surface area contributed by atoms with E-state index in [2.05, 4.69) is 4.72 Å². The van der Waals surface area contributed by atoms with E-state index in [0.29, 0.717) is 6.54 Å². The number of piperidine rings is 1. The first-order valence-corrected chi connectivity index (χ1v) is 10.9. The largest absolute Gasteiger partial charge is 0.495 e. The van der Waals surface area contributed by atoms with Crippen molar-refractivity contribution >= 4 is 21.9 Å². The van der Waals surface area contributed by atoms with Crippen molar-refractivity contribution in [2.75, 3.05) is 20.7 Å². The van der Waals surface area contributed by atoms with Crippen LogP contribution in [0.25, 0.3) is 0 Å². The van der Waals surface area contributed by atoms with E-state index in [9.17, 15) is 18.0 Å². The molecule has 0 aliphatic carbocycles. The van der Waals surface area contributed by atoms with Crippen molar-refractivity contribution in [2.45, 2.75) is 56.6 Å². The summed E-state index contributed by atoms with van der Waals surface area (Å²) in [6.07, 6.45) is 2.88. The van der Waals surface area contributed by atoms with Crippen LogP contribution in [0.3, 0.4) is 0 Å². The normalized spacial score (nSPS) is 18.4. The Morgan fingerprint density at radius 1 is 1.32 bits per heavy atom. The third-order valence-corrected chi connectivity index (χ3v) is 6.41. The lowest BCUT2D eigenvalue weighted by Crippen LogP contribution is -2.48. The van der Waals surface area contributed by atoms with Gasteiger partial charge < -0.3 is 14.4 Å². The molecule has 0 radical (unpaired) electrons. The molecule has 1 saturated heterocycles. The summed E-state index contributed by atoms with van der Waals surface area (Å²) >= 11 is 0. The number of hydrogen-bond acceptors (Lipinski definition) is 6. The number of carbonyl (C=O) groups is 2.